The van der Waals surface area contributed by atoms with Gasteiger partial charge in [-0.3, -0.25) is 9.59 Å². The number of hydrogen-bond acceptors (Lipinski definition) is 4. The van der Waals surface area contributed by atoms with E-state index in [1.54, 1.807) is 28.6 Å². The first kappa shape index (κ1) is 22.0. The molecular weight excluding hydrogens is 420 g/mol. The number of aromatic nitrogens is 1. The van der Waals surface area contributed by atoms with Crippen LogP contribution in [0.4, 0.5) is 0 Å². The minimum atomic E-state index is -0.204. The van der Waals surface area contributed by atoms with Crippen molar-refractivity contribution in [2.24, 2.45) is 0 Å². The Morgan fingerprint density at radius 2 is 1.90 bits per heavy atom. The van der Waals surface area contributed by atoms with Crippen molar-refractivity contribution in [1.82, 2.24) is 9.88 Å². The van der Waals surface area contributed by atoms with Crippen molar-refractivity contribution >= 4 is 29.3 Å². The molecule has 1 N–H and O–H groups in total. The molecule has 0 aliphatic rings. The molecule has 0 spiro atoms. The SMILES string of the molecule is COc1cn(CC(=O)NCc2ccccc2Cl)c(CSc2ccc(C)cc2)cc1=O. The molecule has 0 saturated heterocycles. The fourth-order valence-electron chi connectivity index (χ4n) is 2.86. The minimum absolute atomic E-state index is 0.0743. The molecular formula is C23H23ClN2O3S. The number of carbonyl (C=O) groups is 1. The molecule has 3 rings (SSSR count). The number of thioether (sulfide) groups is 1. The maximum atomic E-state index is 12.5. The largest absolute Gasteiger partial charge is 0.491 e. The summed E-state index contributed by atoms with van der Waals surface area (Å²) in [4.78, 5) is 25.9. The second-order valence-electron chi connectivity index (χ2n) is 6.80. The highest BCUT2D eigenvalue weighted by Crippen LogP contribution is 2.23. The number of nitrogens with zero attached hydrogens (tertiary/aromatic N) is 1. The van der Waals surface area contributed by atoms with Gasteiger partial charge < -0.3 is 14.6 Å². The van der Waals surface area contributed by atoms with Gasteiger partial charge in [-0.05, 0) is 30.7 Å². The number of ether oxygens (including phenoxy) is 1. The molecule has 7 heteroatoms. The van der Waals surface area contributed by atoms with Gasteiger partial charge in [-0.1, -0.05) is 47.5 Å². The molecule has 0 radical (unpaired) electrons. The smallest absolute Gasteiger partial charge is 0.240 e. The lowest BCUT2D eigenvalue weighted by atomic mass is 10.2. The Morgan fingerprint density at radius 3 is 2.60 bits per heavy atom. The molecule has 0 fully saturated rings. The monoisotopic (exact) mass is 442 g/mol. The van der Waals surface area contributed by atoms with Crippen LogP contribution in [0.25, 0.3) is 0 Å². The Balaban J connectivity index is 1.72. The fourth-order valence-corrected chi connectivity index (χ4v) is 3.95. The summed E-state index contributed by atoms with van der Waals surface area (Å²) >= 11 is 7.76. The zero-order chi connectivity index (χ0) is 21.5. The van der Waals surface area contributed by atoms with Crippen molar-refractivity contribution in [3.8, 4) is 5.75 Å². The van der Waals surface area contributed by atoms with Crippen molar-refractivity contribution in [3.63, 3.8) is 0 Å². The summed E-state index contributed by atoms with van der Waals surface area (Å²) in [5, 5.41) is 3.49. The van der Waals surface area contributed by atoms with E-state index in [2.05, 4.69) is 5.32 Å². The number of rotatable bonds is 8. The molecule has 2 aromatic carbocycles. The zero-order valence-corrected chi connectivity index (χ0v) is 18.4. The average Bonchev–Trinajstić information content (AvgIpc) is 2.74. The van der Waals surface area contributed by atoms with Crippen molar-refractivity contribution in [2.45, 2.75) is 30.7 Å². The first-order valence-corrected chi connectivity index (χ1v) is 10.8. The number of nitrogens with one attached hydrogen (secondary N) is 1. The first-order chi connectivity index (χ1) is 14.5. The van der Waals surface area contributed by atoms with Gasteiger partial charge in [0.2, 0.25) is 11.3 Å². The third kappa shape index (κ3) is 5.90. The molecule has 0 aliphatic carbocycles. The van der Waals surface area contributed by atoms with Crippen LogP contribution >= 0.6 is 23.4 Å². The van der Waals surface area contributed by atoms with Gasteiger partial charge in [0, 0.05) is 34.0 Å². The van der Waals surface area contributed by atoms with Crippen LogP contribution in [0.3, 0.4) is 0 Å². The number of benzene rings is 2. The first-order valence-electron chi connectivity index (χ1n) is 9.43. The van der Waals surface area contributed by atoms with Crippen molar-refractivity contribution < 1.29 is 9.53 Å². The van der Waals surface area contributed by atoms with Gasteiger partial charge in [0.05, 0.1) is 13.3 Å². The van der Waals surface area contributed by atoms with E-state index in [9.17, 15) is 9.59 Å². The average molecular weight is 443 g/mol. The summed E-state index contributed by atoms with van der Waals surface area (Å²) in [7, 11) is 1.44. The van der Waals surface area contributed by atoms with E-state index in [-0.39, 0.29) is 23.6 Å². The summed E-state index contributed by atoms with van der Waals surface area (Å²) in [5.74, 6) is 0.584. The molecule has 156 valence electrons. The molecule has 0 saturated carbocycles. The standard InChI is InChI=1S/C23H23ClN2O3S/c1-16-7-9-19(10-8-16)30-15-18-11-21(27)22(29-2)13-26(18)14-23(28)25-12-17-5-3-4-6-20(17)24/h3-11,13H,12,14-15H2,1-2H3,(H,25,28). The molecule has 3 aromatic rings. The topological polar surface area (TPSA) is 60.3 Å². The third-order valence-electron chi connectivity index (χ3n) is 4.56. The summed E-state index contributed by atoms with van der Waals surface area (Å²) < 4.78 is 6.91. The number of amides is 1. The number of pyridine rings is 1. The van der Waals surface area contributed by atoms with Gasteiger partial charge in [-0.2, -0.15) is 0 Å². The van der Waals surface area contributed by atoms with Crippen LogP contribution in [-0.4, -0.2) is 17.6 Å². The Hall–Kier alpha value is -2.70. The molecule has 0 atom stereocenters. The maximum absolute atomic E-state index is 12.5. The molecule has 0 bridgehead atoms. The Bertz CT molecular complexity index is 1080. The van der Waals surface area contributed by atoms with Crippen molar-refractivity contribution in [1.29, 1.82) is 0 Å². The number of halogens is 1. The second kappa shape index (κ2) is 10.4. The van der Waals surface area contributed by atoms with Gasteiger partial charge >= 0.3 is 0 Å². The molecule has 1 aromatic heterocycles. The van der Waals surface area contributed by atoms with Crippen LogP contribution in [0.1, 0.15) is 16.8 Å². The number of carbonyl (C=O) groups excluding carboxylic acids is 1. The van der Waals surface area contributed by atoms with E-state index in [4.69, 9.17) is 16.3 Å². The fraction of sp³-hybridized carbons (Fsp3) is 0.217. The number of methoxy groups -OCH3 is 1. The van der Waals surface area contributed by atoms with Crippen molar-refractivity contribution in [3.05, 3.63) is 92.9 Å². The molecule has 1 amide bonds. The summed E-state index contributed by atoms with van der Waals surface area (Å²) in [6, 6.07) is 17.1. The van der Waals surface area contributed by atoms with E-state index in [1.807, 2.05) is 49.4 Å². The van der Waals surface area contributed by atoms with Crippen LogP contribution in [0, 0.1) is 6.92 Å². The van der Waals surface area contributed by atoms with Gasteiger partial charge in [-0.15, -0.1) is 11.8 Å². The van der Waals surface area contributed by atoms with Crippen LogP contribution in [-0.2, 0) is 23.6 Å². The van der Waals surface area contributed by atoms with E-state index >= 15 is 0 Å². The maximum Gasteiger partial charge on any atom is 0.240 e. The van der Waals surface area contributed by atoms with Gasteiger partial charge in [0.15, 0.2) is 5.75 Å². The highest BCUT2D eigenvalue weighted by Gasteiger charge is 2.12. The molecule has 0 unspecified atom stereocenters. The molecule has 1 heterocycles. The Morgan fingerprint density at radius 1 is 1.17 bits per heavy atom. The number of hydrogen-bond donors (Lipinski definition) is 1. The van der Waals surface area contributed by atoms with Crippen LogP contribution < -0.4 is 15.5 Å². The molecule has 0 aliphatic heterocycles. The minimum Gasteiger partial charge on any atom is -0.491 e. The number of aryl methyl sites for hydroxylation is 1. The predicted molar refractivity (Wildman–Crippen MR) is 121 cm³/mol. The highest BCUT2D eigenvalue weighted by molar-refractivity contribution is 7.98. The molecule has 5 nitrogen and oxygen atoms in total. The second-order valence-corrected chi connectivity index (χ2v) is 8.25. The van der Waals surface area contributed by atoms with Crippen LogP contribution in [0.5, 0.6) is 5.75 Å². The normalized spacial score (nSPS) is 10.6. The van der Waals surface area contributed by atoms with Crippen LogP contribution in [0.15, 0.2) is 70.5 Å². The van der Waals surface area contributed by atoms with E-state index in [0.717, 1.165) is 16.2 Å². The quantitative estimate of drug-likeness (QED) is 0.524. The Labute approximate surface area is 185 Å². The molecule has 30 heavy (non-hydrogen) atoms. The van der Waals surface area contributed by atoms with E-state index < -0.39 is 0 Å². The third-order valence-corrected chi connectivity index (χ3v) is 5.97. The van der Waals surface area contributed by atoms with Crippen LogP contribution in [0.2, 0.25) is 5.02 Å². The van der Waals surface area contributed by atoms with E-state index in [1.165, 1.54) is 18.7 Å². The lowest BCUT2D eigenvalue weighted by molar-refractivity contribution is -0.121. The van der Waals surface area contributed by atoms with E-state index in [0.29, 0.717) is 17.3 Å². The summed E-state index contributed by atoms with van der Waals surface area (Å²) in [6.07, 6.45) is 1.59. The summed E-state index contributed by atoms with van der Waals surface area (Å²) in [5.41, 5.74) is 2.58. The van der Waals surface area contributed by atoms with Crippen molar-refractivity contribution in [2.75, 3.05) is 7.11 Å². The Kier molecular flexibility index (Phi) is 7.60. The zero-order valence-electron chi connectivity index (χ0n) is 16.9. The predicted octanol–water partition coefficient (Wildman–Crippen LogP) is 4.43. The lowest BCUT2D eigenvalue weighted by Gasteiger charge is -2.15. The van der Waals surface area contributed by atoms with Gasteiger partial charge in [0.25, 0.3) is 0 Å². The van der Waals surface area contributed by atoms with Gasteiger partial charge in [0.1, 0.15) is 6.54 Å². The van der Waals surface area contributed by atoms with Gasteiger partial charge in [-0.25, -0.2) is 0 Å². The summed E-state index contributed by atoms with van der Waals surface area (Å²) in [6.45, 7) is 2.45. The lowest BCUT2D eigenvalue weighted by Crippen LogP contribution is -2.29. The highest BCUT2D eigenvalue weighted by atomic mass is 35.5.